The van der Waals surface area contributed by atoms with Crippen LogP contribution >= 0.6 is 15.9 Å². The third-order valence-corrected chi connectivity index (χ3v) is 3.98. The van der Waals surface area contributed by atoms with Crippen LogP contribution in [0.5, 0.6) is 0 Å². The van der Waals surface area contributed by atoms with E-state index in [1.807, 2.05) is 0 Å². The lowest BCUT2D eigenvalue weighted by Gasteiger charge is -2.38. The Balaban J connectivity index is 2.50. The Morgan fingerprint density at radius 1 is 1.35 bits per heavy atom. The number of carbonyl (C=O) groups is 1. The number of nitrogens with zero attached hydrogens (tertiary/aromatic N) is 1. The second kappa shape index (κ2) is 5.04. The maximum absolute atomic E-state index is 13.5. The van der Waals surface area contributed by atoms with Crippen molar-refractivity contribution < 1.29 is 18.0 Å². The average Bonchev–Trinajstić information content (AvgIpc) is 2.53. The number of halogens is 4. The average molecular weight is 351 g/mol. The second-order valence-corrected chi connectivity index (χ2v) is 6.21. The number of rotatable bonds is 2. The molecule has 0 bridgehead atoms. The summed E-state index contributed by atoms with van der Waals surface area (Å²) in [5.41, 5.74) is 1.50. The van der Waals surface area contributed by atoms with Crippen molar-refractivity contribution in [3.05, 3.63) is 34.3 Å². The fourth-order valence-corrected chi connectivity index (χ4v) is 2.88. The Bertz CT molecular complexity index is 531. The Labute approximate surface area is 123 Å². The minimum Gasteiger partial charge on any atom is -0.287 e. The van der Waals surface area contributed by atoms with Crippen LogP contribution in [0.15, 0.2) is 28.7 Å². The first-order chi connectivity index (χ1) is 9.13. The van der Waals surface area contributed by atoms with Crippen LogP contribution in [0.3, 0.4) is 0 Å². The highest BCUT2D eigenvalue weighted by molar-refractivity contribution is 9.10. The molecule has 1 fully saturated rings. The van der Waals surface area contributed by atoms with Crippen molar-refractivity contribution in [2.24, 2.45) is 0 Å². The number of hydrazine groups is 1. The molecule has 1 amide bonds. The molecule has 7 heteroatoms. The van der Waals surface area contributed by atoms with Crippen molar-refractivity contribution in [3.8, 4) is 0 Å². The predicted molar refractivity (Wildman–Crippen MR) is 71.6 cm³/mol. The number of benzene rings is 1. The van der Waals surface area contributed by atoms with Crippen molar-refractivity contribution in [3.63, 3.8) is 0 Å². The monoisotopic (exact) mass is 350 g/mol. The van der Waals surface area contributed by atoms with Crippen LogP contribution in [-0.2, 0) is 4.79 Å². The van der Waals surface area contributed by atoms with Gasteiger partial charge in [-0.05, 0) is 25.5 Å². The fourth-order valence-electron chi connectivity index (χ4n) is 2.38. The SMILES string of the molecule is CC1(C)CC(=O)NN1C(c1ccccc1Br)C(F)(F)F. The molecule has 1 N–H and O–H groups in total. The van der Waals surface area contributed by atoms with E-state index >= 15 is 0 Å². The van der Waals surface area contributed by atoms with E-state index in [2.05, 4.69) is 21.4 Å². The summed E-state index contributed by atoms with van der Waals surface area (Å²) in [6.07, 6.45) is -4.47. The van der Waals surface area contributed by atoms with E-state index < -0.39 is 23.7 Å². The maximum atomic E-state index is 13.5. The first-order valence-electron chi connectivity index (χ1n) is 6.03. The van der Waals surface area contributed by atoms with Gasteiger partial charge in [-0.2, -0.15) is 18.2 Å². The molecule has 110 valence electrons. The van der Waals surface area contributed by atoms with Crippen LogP contribution in [0.4, 0.5) is 13.2 Å². The van der Waals surface area contributed by atoms with Gasteiger partial charge in [-0.1, -0.05) is 34.1 Å². The smallest absolute Gasteiger partial charge is 0.287 e. The number of alkyl halides is 3. The molecule has 1 unspecified atom stereocenters. The number of amides is 1. The largest absolute Gasteiger partial charge is 0.409 e. The first-order valence-corrected chi connectivity index (χ1v) is 6.82. The molecule has 0 aromatic heterocycles. The number of hydrogen-bond donors (Lipinski definition) is 1. The quantitative estimate of drug-likeness (QED) is 0.884. The third-order valence-electron chi connectivity index (χ3n) is 3.26. The Hall–Kier alpha value is -1.08. The summed E-state index contributed by atoms with van der Waals surface area (Å²) in [6.45, 7) is 3.22. The van der Waals surface area contributed by atoms with Gasteiger partial charge in [-0.25, -0.2) is 0 Å². The molecular weight excluding hydrogens is 337 g/mol. The summed E-state index contributed by atoms with van der Waals surface area (Å²) < 4.78 is 40.8. The van der Waals surface area contributed by atoms with Gasteiger partial charge >= 0.3 is 6.18 Å². The van der Waals surface area contributed by atoms with Gasteiger partial charge in [-0.15, -0.1) is 0 Å². The van der Waals surface area contributed by atoms with E-state index in [4.69, 9.17) is 0 Å². The minimum atomic E-state index is -4.50. The van der Waals surface area contributed by atoms with Crippen molar-refractivity contribution in [1.82, 2.24) is 10.4 Å². The zero-order valence-corrected chi connectivity index (χ0v) is 12.5. The first kappa shape index (κ1) is 15.3. The molecule has 3 nitrogen and oxygen atoms in total. The highest BCUT2D eigenvalue weighted by atomic mass is 79.9. The van der Waals surface area contributed by atoms with Crippen LogP contribution in [-0.4, -0.2) is 22.6 Å². The summed E-state index contributed by atoms with van der Waals surface area (Å²) in [5.74, 6) is -0.406. The van der Waals surface area contributed by atoms with E-state index in [0.29, 0.717) is 4.47 Å². The number of carbonyl (C=O) groups excluding carboxylic acids is 1. The topological polar surface area (TPSA) is 32.3 Å². The van der Waals surface area contributed by atoms with E-state index in [0.717, 1.165) is 5.01 Å². The Morgan fingerprint density at radius 2 is 1.95 bits per heavy atom. The van der Waals surface area contributed by atoms with Gasteiger partial charge in [-0.3, -0.25) is 10.2 Å². The molecular formula is C13H14BrF3N2O. The second-order valence-electron chi connectivity index (χ2n) is 5.36. The van der Waals surface area contributed by atoms with Crippen LogP contribution in [0.1, 0.15) is 31.9 Å². The minimum absolute atomic E-state index is 0.0318. The van der Waals surface area contributed by atoms with E-state index in [1.165, 1.54) is 6.07 Å². The highest BCUT2D eigenvalue weighted by Crippen LogP contribution is 2.44. The molecule has 1 heterocycles. The lowest BCUT2D eigenvalue weighted by molar-refractivity contribution is -0.204. The summed E-state index contributed by atoms with van der Waals surface area (Å²) >= 11 is 3.15. The van der Waals surface area contributed by atoms with Crippen LogP contribution in [0, 0.1) is 0 Å². The standard InChI is InChI=1S/C13H14BrF3N2O/c1-12(2)7-10(20)18-19(12)11(13(15,16)17)8-5-3-4-6-9(8)14/h3-6,11H,7H2,1-2H3,(H,18,20). The molecule has 1 atom stereocenters. The van der Waals surface area contributed by atoms with Gasteiger partial charge in [0, 0.05) is 16.4 Å². The van der Waals surface area contributed by atoms with Gasteiger partial charge < -0.3 is 0 Å². The van der Waals surface area contributed by atoms with Crippen LogP contribution in [0.25, 0.3) is 0 Å². The summed E-state index contributed by atoms with van der Waals surface area (Å²) in [7, 11) is 0. The van der Waals surface area contributed by atoms with Crippen molar-refractivity contribution in [1.29, 1.82) is 0 Å². The maximum Gasteiger partial charge on any atom is 0.409 e. The molecule has 0 radical (unpaired) electrons. The normalized spacial score (nSPS) is 20.8. The Morgan fingerprint density at radius 3 is 2.40 bits per heavy atom. The third kappa shape index (κ3) is 2.83. The zero-order chi connectivity index (χ0) is 15.1. The lowest BCUT2D eigenvalue weighted by atomic mass is 9.97. The highest BCUT2D eigenvalue weighted by Gasteiger charge is 2.53. The van der Waals surface area contributed by atoms with Crippen molar-refractivity contribution in [2.45, 2.75) is 38.0 Å². The van der Waals surface area contributed by atoms with Gasteiger partial charge in [0.05, 0.1) is 0 Å². The summed E-state index contributed by atoms with van der Waals surface area (Å²) in [6, 6.07) is 4.26. The molecule has 0 saturated carbocycles. The van der Waals surface area contributed by atoms with E-state index in [1.54, 1.807) is 32.0 Å². The van der Waals surface area contributed by atoms with Gasteiger partial charge in [0.2, 0.25) is 5.91 Å². The molecule has 1 aliphatic heterocycles. The van der Waals surface area contributed by atoms with Gasteiger partial charge in [0.25, 0.3) is 0 Å². The zero-order valence-electron chi connectivity index (χ0n) is 11.0. The number of nitrogens with one attached hydrogen (secondary N) is 1. The molecule has 1 aliphatic rings. The molecule has 2 rings (SSSR count). The van der Waals surface area contributed by atoms with Crippen molar-refractivity contribution >= 4 is 21.8 Å². The molecule has 1 aromatic carbocycles. The number of hydrogen-bond acceptors (Lipinski definition) is 2. The molecule has 0 spiro atoms. The molecule has 1 aromatic rings. The van der Waals surface area contributed by atoms with Gasteiger partial charge in [0.15, 0.2) is 6.04 Å². The Kier molecular flexibility index (Phi) is 3.85. The summed E-state index contributed by atoms with van der Waals surface area (Å²) in [4.78, 5) is 11.5. The molecule has 20 heavy (non-hydrogen) atoms. The molecule has 0 aliphatic carbocycles. The predicted octanol–water partition coefficient (Wildman–Crippen LogP) is 3.57. The lowest BCUT2D eigenvalue weighted by Crippen LogP contribution is -2.51. The van der Waals surface area contributed by atoms with Crippen LogP contribution in [0.2, 0.25) is 0 Å². The van der Waals surface area contributed by atoms with Crippen LogP contribution < -0.4 is 5.43 Å². The van der Waals surface area contributed by atoms with Crippen molar-refractivity contribution in [2.75, 3.05) is 0 Å². The van der Waals surface area contributed by atoms with E-state index in [-0.39, 0.29) is 12.0 Å². The molecule has 1 saturated heterocycles. The summed E-state index contributed by atoms with van der Waals surface area (Å²) in [5, 5.41) is 0.995. The fraction of sp³-hybridized carbons (Fsp3) is 0.462. The van der Waals surface area contributed by atoms with E-state index in [9.17, 15) is 18.0 Å². The van der Waals surface area contributed by atoms with Gasteiger partial charge in [0.1, 0.15) is 0 Å².